The first kappa shape index (κ1) is 20.7. The highest BCUT2D eigenvalue weighted by Gasteiger charge is 2.65. The molecule has 5 aliphatic rings. The Morgan fingerprint density at radius 2 is 1.73 bits per heavy atom. The number of amides is 1. The van der Waals surface area contributed by atoms with Crippen molar-refractivity contribution in [2.45, 2.75) is 77.2 Å². The average Bonchev–Trinajstić information content (AvgIpc) is 3.52. The maximum Gasteiger partial charge on any atom is 0.409 e. The van der Waals surface area contributed by atoms with E-state index in [1.165, 1.54) is 57.8 Å². The normalized spacial score (nSPS) is 41.7. The summed E-state index contributed by atoms with van der Waals surface area (Å²) in [6.45, 7) is 7.97. The van der Waals surface area contributed by atoms with Gasteiger partial charge < -0.3 is 14.4 Å². The minimum atomic E-state index is -0.137. The molecule has 0 aromatic carbocycles. The van der Waals surface area contributed by atoms with Crippen LogP contribution in [0.25, 0.3) is 0 Å². The number of rotatable bonds is 7. The topological polar surface area (TPSA) is 38.8 Å². The van der Waals surface area contributed by atoms with Gasteiger partial charge in [-0.1, -0.05) is 38.7 Å². The van der Waals surface area contributed by atoms with E-state index in [-0.39, 0.29) is 12.2 Å². The monoisotopic (exact) mass is 415 g/mol. The van der Waals surface area contributed by atoms with Crippen LogP contribution < -0.4 is 0 Å². The highest BCUT2D eigenvalue weighted by Crippen LogP contribution is 2.70. The number of hydrogen-bond donors (Lipinski definition) is 0. The molecule has 0 spiro atoms. The van der Waals surface area contributed by atoms with Crippen molar-refractivity contribution in [3.05, 3.63) is 12.3 Å². The van der Waals surface area contributed by atoms with Crippen LogP contribution in [0.4, 0.5) is 4.79 Å². The number of fused-ring (bicyclic) bond motifs is 9. The molecule has 8 atom stereocenters. The predicted octanol–water partition coefficient (Wildman–Crippen LogP) is 5.87. The van der Waals surface area contributed by atoms with Crippen molar-refractivity contribution in [1.29, 1.82) is 0 Å². The van der Waals surface area contributed by atoms with Crippen LogP contribution >= 0.6 is 0 Å². The number of hydrogen-bond acceptors (Lipinski definition) is 3. The molecule has 4 heteroatoms. The summed E-state index contributed by atoms with van der Waals surface area (Å²) in [7, 11) is 1.83. The van der Waals surface area contributed by atoms with Gasteiger partial charge in [0.1, 0.15) is 6.10 Å². The Morgan fingerprint density at radius 1 is 1.00 bits per heavy atom. The number of ether oxygens (including phenoxy) is 2. The summed E-state index contributed by atoms with van der Waals surface area (Å²) >= 11 is 0. The molecule has 1 amide bonds. The van der Waals surface area contributed by atoms with E-state index in [9.17, 15) is 4.79 Å². The number of carbonyl (C=O) groups is 1. The molecule has 0 aliphatic heterocycles. The van der Waals surface area contributed by atoms with Gasteiger partial charge in [-0.2, -0.15) is 0 Å². The molecule has 5 fully saturated rings. The molecule has 5 saturated carbocycles. The summed E-state index contributed by atoms with van der Waals surface area (Å²) < 4.78 is 12.2. The third-order valence-corrected chi connectivity index (χ3v) is 9.75. The average molecular weight is 416 g/mol. The molecule has 168 valence electrons. The molecule has 4 nitrogen and oxygen atoms in total. The molecule has 0 radical (unpaired) electrons. The fourth-order valence-corrected chi connectivity index (χ4v) is 8.34. The van der Waals surface area contributed by atoms with E-state index in [1.54, 1.807) is 4.90 Å². The van der Waals surface area contributed by atoms with E-state index in [1.807, 2.05) is 14.0 Å². The Hall–Kier alpha value is -1.19. The molecular formula is C26H41NO3. The van der Waals surface area contributed by atoms with Gasteiger partial charge in [0.15, 0.2) is 0 Å². The Labute approximate surface area is 182 Å². The Balaban J connectivity index is 1.16. The second-order valence-corrected chi connectivity index (χ2v) is 11.1. The zero-order valence-corrected chi connectivity index (χ0v) is 19.1. The highest BCUT2D eigenvalue weighted by atomic mass is 16.6. The molecule has 30 heavy (non-hydrogen) atoms. The minimum absolute atomic E-state index is 0.137. The van der Waals surface area contributed by atoms with Crippen molar-refractivity contribution in [3.8, 4) is 0 Å². The first-order valence-corrected chi connectivity index (χ1v) is 12.8. The number of nitrogens with zero attached hydrogens (tertiary/aromatic N) is 1. The van der Waals surface area contributed by atoms with Crippen LogP contribution in [-0.2, 0) is 9.47 Å². The van der Waals surface area contributed by atoms with Gasteiger partial charge in [0.2, 0.25) is 0 Å². The van der Waals surface area contributed by atoms with E-state index >= 15 is 0 Å². The van der Waals surface area contributed by atoms with Crippen molar-refractivity contribution in [1.82, 2.24) is 4.90 Å². The standard InChI is InChI=1S/C26H41NO3/c1-4-27(3)26(28)30-23-15-19-14-22(23)25-21-13-18(24(19)25)12-20(21)16(2)29-11-10-17-8-6-5-7-9-17/h17-25H,2,4-15H2,1,3H3. The lowest BCUT2D eigenvalue weighted by Crippen LogP contribution is -2.41. The van der Waals surface area contributed by atoms with Crippen LogP contribution in [0.15, 0.2) is 12.3 Å². The minimum Gasteiger partial charge on any atom is -0.498 e. The summed E-state index contributed by atoms with van der Waals surface area (Å²) in [5, 5.41) is 0. The quantitative estimate of drug-likeness (QED) is 0.385. The van der Waals surface area contributed by atoms with Crippen molar-refractivity contribution in [2.75, 3.05) is 20.2 Å². The number of allylic oxidation sites excluding steroid dienone is 1. The lowest BCUT2D eigenvalue weighted by molar-refractivity contribution is -0.0126. The SMILES string of the molecule is C=C(OCCC1CCCCC1)C1CC2CC1C1C3CC(CC3OC(=O)N(C)CC)C21. The fraction of sp³-hybridized carbons (Fsp3) is 0.885. The van der Waals surface area contributed by atoms with Crippen LogP contribution in [0.1, 0.15) is 71.1 Å². The van der Waals surface area contributed by atoms with Crippen LogP contribution in [0.5, 0.6) is 0 Å². The molecule has 5 aliphatic carbocycles. The number of carbonyl (C=O) groups excluding carboxylic acids is 1. The summed E-state index contributed by atoms with van der Waals surface area (Å²) in [4.78, 5) is 14.0. The van der Waals surface area contributed by atoms with E-state index < -0.39 is 0 Å². The van der Waals surface area contributed by atoms with Gasteiger partial charge in [-0.3, -0.25) is 0 Å². The van der Waals surface area contributed by atoms with E-state index in [0.29, 0.717) is 24.3 Å². The lowest BCUT2D eigenvalue weighted by atomic mass is 9.66. The maximum atomic E-state index is 12.3. The Morgan fingerprint density at radius 3 is 2.50 bits per heavy atom. The van der Waals surface area contributed by atoms with Crippen LogP contribution in [0.3, 0.4) is 0 Å². The smallest absolute Gasteiger partial charge is 0.409 e. The molecule has 4 bridgehead atoms. The first-order valence-electron chi connectivity index (χ1n) is 12.8. The summed E-state index contributed by atoms with van der Waals surface area (Å²) in [6, 6.07) is 0. The molecule has 8 unspecified atom stereocenters. The van der Waals surface area contributed by atoms with Gasteiger partial charge in [0.05, 0.1) is 12.4 Å². The summed E-state index contributed by atoms with van der Waals surface area (Å²) in [6.07, 6.45) is 13.2. The van der Waals surface area contributed by atoms with Gasteiger partial charge in [0.25, 0.3) is 0 Å². The second-order valence-electron chi connectivity index (χ2n) is 11.1. The van der Waals surface area contributed by atoms with Crippen LogP contribution in [0, 0.1) is 47.3 Å². The first-order chi connectivity index (χ1) is 14.6. The van der Waals surface area contributed by atoms with Gasteiger partial charge in [-0.05, 0) is 80.5 Å². The summed E-state index contributed by atoms with van der Waals surface area (Å²) in [5.41, 5.74) is 0. The van der Waals surface area contributed by atoms with Crippen molar-refractivity contribution < 1.29 is 14.3 Å². The van der Waals surface area contributed by atoms with Crippen molar-refractivity contribution in [3.63, 3.8) is 0 Å². The third-order valence-electron chi connectivity index (χ3n) is 9.75. The molecule has 0 N–H and O–H groups in total. The highest BCUT2D eigenvalue weighted by molar-refractivity contribution is 5.67. The van der Waals surface area contributed by atoms with E-state index in [2.05, 4.69) is 6.58 Å². The van der Waals surface area contributed by atoms with Crippen LogP contribution in [0.2, 0.25) is 0 Å². The van der Waals surface area contributed by atoms with Crippen molar-refractivity contribution in [2.24, 2.45) is 47.3 Å². The fourth-order valence-electron chi connectivity index (χ4n) is 8.34. The third kappa shape index (κ3) is 3.56. The van der Waals surface area contributed by atoms with Gasteiger partial charge in [-0.15, -0.1) is 0 Å². The second kappa shape index (κ2) is 8.39. The van der Waals surface area contributed by atoms with E-state index in [0.717, 1.165) is 48.4 Å². The molecule has 0 saturated heterocycles. The zero-order chi connectivity index (χ0) is 20.8. The lowest BCUT2D eigenvalue weighted by Gasteiger charge is -2.41. The predicted molar refractivity (Wildman–Crippen MR) is 118 cm³/mol. The molecule has 0 aromatic heterocycles. The maximum absolute atomic E-state index is 12.3. The largest absolute Gasteiger partial charge is 0.498 e. The zero-order valence-electron chi connectivity index (χ0n) is 19.1. The molecule has 0 heterocycles. The Kier molecular flexibility index (Phi) is 5.79. The molecular weight excluding hydrogens is 374 g/mol. The molecule has 5 rings (SSSR count). The van der Waals surface area contributed by atoms with Gasteiger partial charge in [-0.25, -0.2) is 4.79 Å². The molecule has 0 aromatic rings. The van der Waals surface area contributed by atoms with Gasteiger partial charge >= 0.3 is 6.09 Å². The Bertz CT molecular complexity index is 657. The van der Waals surface area contributed by atoms with E-state index in [4.69, 9.17) is 9.47 Å². The van der Waals surface area contributed by atoms with Gasteiger partial charge in [0, 0.05) is 19.5 Å². The van der Waals surface area contributed by atoms with Crippen LogP contribution in [-0.4, -0.2) is 37.3 Å². The van der Waals surface area contributed by atoms with Crippen molar-refractivity contribution >= 4 is 6.09 Å². The summed E-state index contributed by atoms with van der Waals surface area (Å²) in [5.74, 6) is 7.01.